The standard InChI is InChI=1S/C16H19F3N2O2/c1-3-7-20-10-14(22)21(11(2)15(20)23)9-12-5-4-6-13(8-12)16(17,18)19/h4-6,8,11H,3,7,9-10H2,1-2H3/t11-/m0/s1. The molecular formula is C16H19F3N2O2. The van der Waals surface area contributed by atoms with Crippen molar-refractivity contribution in [1.82, 2.24) is 9.80 Å². The fourth-order valence-electron chi connectivity index (χ4n) is 2.67. The Morgan fingerprint density at radius 3 is 2.57 bits per heavy atom. The summed E-state index contributed by atoms with van der Waals surface area (Å²) in [6, 6.07) is 4.17. The third-order valence-corrected chi connectivity index (χ3v) is 3.88. The first kappa shape index (κ1) is 17.3. The lowest BCUT2D eigenvalue weighted by molar-refractivity contribution is -0.155. The molecule has 1 aliphatic rings. The van der Waals surface area contributed by atoms with Gasteiger partial charge in [0.2, 0.25) is 11.8 Å². The molecular weight excluding hydrogens is 309 g/mol. The van der Waals surface area contributed by atoms with Gasteiger partial charge in [0.1, 0.15) is 6.04 Å². The average Bonchev–Trinajstić information content (AvgIpc) is 2.49. The number of piperazine rings is 1. The van der Waals surface area contributed by atoms with Gasteiger partial charge in [0.05, 0.1) is 12.1 Å². The van der Waals surface area contributed by atoms with E-state index in [0.717, 1.165) is 18.6 Å². The Morgan fingerprint density at radius 1 is 1.26 bits per heavy atom. The molecule has 2 rings (SSSR count). The molecule has 7 heteroatoms. The maximum atomic E-state index is 12.8. The average molecular weight is 328 g/mol. The number of benzene rings is 1. The Bertz CT molecular complexity index is 601. The van der Waals surface area contributed by atoms with Gasteiger partial charge in [0.15, 0.2) is 0 Å². The molecule has 0 spiro atoms. The number of rotatable bonds is 4. The molecule has 1 heterocycles. The molecule has 4 nitrogen and oxygen atoms in total. The van der Waals surface area contributed by atoms with Gasteiger partial charge in [-0.1, -0.05) is 19.1 Å². The molecule has 0 aromatic heterocycles. The van der Waals surface area contributed by atoms with E-state index in [1.54, 1.807) is 6.92 Å². The normalized spacial score (nSPS) is 19.4. The van der Waals surface area contributed by atoms with Crippen LogP contribution in [0, 0.1) is 0 Å². The number of hydrogen-bond acceptors (Lipinski definition) is 2. The van der Waals surface area contributed by atoms with Crippen LogP contribution in [-0.2, 0) is 22.3 Å². The second-order valence-corrected chi connectivity index (χ2v) is 5.66. The van der Waals surface area contributed by atoms with E-state index >= 15 is 0 Å². The molecule has 1 aromatic rings. The van der Waals surface area contributed by atoms with Crippen molar-refractivity contribution < 1.29 is 22.8 Å². The molecule has 0 unspecified atom stereocenters. The number of carbonyl (C=O) groups is 2. The molecule has 0 N–H and O–H groups in total. The van der Waals surface area contributed by atoms with Gasteiger partial charge in [-0.2, -0.15) is 13.2 Å². The lowest BCUT2D eigenvalue weighted by Gasteiger charge is -2.38. The fourth-order valence-corrected chi connectivity index (χ4v) is 2.67. The zero-order chi connectivity index (χ0) is 17.2. The second kappa shape index (κ2) is 6.60. The van der Waals surface area contributed by atoms with Gasteiger partial charge in [-0.3, -0.25) is 9.59 Å². The Kier molecular flexibility index (Phi) is 4.97. The molecule has 126 valence electrons. The van der Waals surface area contributed by atoms with Crippen LogP contribution < -0.4 is 0 Å². The summed E-state index contributed by atoms with van der Waals surface area (Å²) in [6.07, 6.45) is -3.68. The predicted octanol–water partition coefficient (Wildman–Crippen LogP) is 2.67. The van der Waals surface area contributed by atoms with Crippen LogP contribution in [0.5, 0.6) is 0 Å². The highest BCUT2D eigenvalue weighted by atomic mass is 19.4. The van der Waals surface area contributed by atoms with Crippen molar-refractivity contribution in [3.8, 4) is 0 Å². The number of alkyl halides is 3. The molecule has 1 fully saturated rings. The summed E-state index contributed by atoms with van der Waals surface area (Å²) in [5, 5.41) is 0. The molecule has 0 saturated carbocycles. The number of nitrogens with zero attached hydrogens (tertiary/aromatic N) is 2. The van der Waals surface area contributed by atoms with Crippen LogP contribution in [0.25, 0.3) is 0 Å². The van der Waals surface area contributed by atoms with Crippen molar-refractivity contribution >= 4 is 11.8 Å². The van der Waals surface area contributed by atoms with Crippen molar-refractivity contribution in [2.45, 2.75) is 39.0 Å². The van der Waals surface area contributed by atoms with E-state index in [0.29, 0.717) is 12.1 Å². The van der Waals surface area contributed by atoms with Crippen LogP contribution in [-0.4, -0.2) is 40.7 Å². The third-order valence-electron chi connectivity index (χ3n) is 3.88. The van der Waals surface area contributed by atoms with E-state index < -0.39 is 17.8 Å². The molecule has 1 aromatic carbocycles. The summed E-state index contributed by atoms with van der Waals surface area (Å²) in [5.74, 6) is -0.415. The Labute approximate surface area is 132 Å². The first-order valence-electron chi connectivity index (χ1n) is 7.48. The van der Waals surface area contributed by atoms with Gasteiger partial charge in [-0.15, -0.1) is 0 Å². The second-order valence-electron chi connectivity index (χ2n) is 5.66. The van der Waals surface area contributed by atoms with Crippen molar-refractivity contribution in [1.29, 1.82) is 0 Å². The number of carbonyl (C=O) groups excluding carboxylic acids is 2. The first-order valence-corrected chi connectivity index (χ1v) is 7.48. The van der Waals surface area contributed by atoms with E-state index in [4.69, 9.17) is 0 Å². The van der Waals surface area contributed by atoms with Crippen molar-refractivity contribution in [3.63, 3.8) is 0 Å². The molecule has 0 aliphatic carbocycles. The van der Waals surface area contributed by atoms with Crippen LogP contribution >= 0.6 is 0 Å². The van der Waals surface area contributed by atoms with Gasteiger partial charge in [0.25, 0.3) is 0 Å². The van der Waals surface area contributed by atoms with Crippen LogP contribution in [0.4, 0.5) is 13.2 Å². The highest BCUT2D eigenvalue weighted by molar-refractivity contribution is 5.94. The molecule has 23 heavy (non-hydrogen) atoms. The van der Waals surface area contributed by atoms with Crippen molar-refractivity contribution in [2.75, 3.05) is 13.1 Å². The molecule has 2 amide bonds. The maximum Gasteiger partial charge on any atom is 0.416 e. The largest absolute Gasteiger partial charge is 0.416 e. The van der Waals surface area contributed by atoms with Gasteiger partial charge in [-0.05, 0) is 31.0 Å². The van der Waals surface area contributed by atoms with E-state index in [-0.39, 0.29) is 24.9 Å². The van der Waals surface area contributed by atoms with E-state index in [2.05, 4.69) is 0 Å². The van der Waals surface area contributed by atoms with Crippen LogP contribution in [0.15, 0.2) is 24.3 Å². The van der Waals surface area contributed by atoms with Crippen LogP contribution in [0.3, 0.4) is 0 Å². The highest BCUT2D eigenvalue weighted by Gasteiger charge is 2.36. The summed E-state index contributed by atoms with van der Waals surface area (Å²) >= 11 is 0. The van der Waals surface area contributed by atoms with E-state index in [9.17, 15) is 22.8 Å². The van der Waals surface area contributed by atoms with Gasteiger partial charge in [-0.25, -0.2) is 0 Å². The monoisotopic (exact) mass is 328 g/mol. The van der Waals surface area contributed by atoms with Crippen LogP contribution in [0.2, 0.25) is 0 Å². The summed E-state index contributed by atoms with van der Waals surface area (Å²) in [5.41, 5.74) is -0.400. The summed E-state index contributed by atoms with van der Waals surface area (Å²) in [6.45, 7) is 4.00. The fraction of sp³-hybridized carbons (Fsp3) is 0.500. The predicted molar refractivity (Wildman–Crippen MR) is 78.3 cm³/mol. The molecule has 1 saturated heterocycles. The Hall–Kier alpha value is -2.05. The van der Waals surface area contributed by atoms with Gasteiger partial charge in [0, 0.05) is 13.1 Å². The first-order chi connectivity index (χ1) is 10.7. The molecule has 1 atom stereocenters. The lowest BCUT2D eigenvalue weighted by atomic mass is 10.1. The topological polar surface area (TPSA) is 40.6 Å². The zero-order valence-electron chi connectivity index (χ0n) is 13.1. The summed E-state index contributed by atoms with van der Waals surface area (Å²) in [4.78, 5) is 27.3. The molecule has 0 radical (unpaired) electrons. The quantitative estimate of drug-likeness (QED) is 0.853. The Balaban J connectivity index is 2.17. The Morgan fingerprint density at radius 2 is 1.96 bits per heavy atom. The third kappa shape index (κ3) is 3.83. The minimum Gasteiger partial charge on any atom is -0.332 e. The number of hydrogen-bond donors (Lipinski definition) is 0. The van der Waals surface area contributed by atoms with Crippen molar-refractivity contribution in [3.05, 3.63) is 35.4 Å². The van der Waals surface area contributed by atoms with E-state index in [1.807, 2.05) is 6.92 Å². The minimum atomic E-state index is -4.43. The molecule has 0 bridgehead atoms. The van der Waals surface area contributed by atoms with Crippen molar-refractivity contribution in [2.24, 2.45) is 0 Å². The number of halogens is 3. The maximum absolute atomic E-state index is 12.8. The minimum absolute atomic E-state index is 0.00434. The molecule has 1 aliphatic heterocycles. The highest BCUT2D eigenvalue weighted by Crippen LogP contribution is 2.30. The van der Waals surface area contributed by atoms with Gasteiger partial charge < -0.3 is 9.80 Å². The SMILES string of the molecule is CCCN1CC(=O)N(Cc2cccc(C(F)(F)F)c2)[C@@H](C)C1=O. The summed E-state index contributed by atoms with van der Waals surface area (Å²) in [7, 11) is 0. The van der Waals surface area contributed by atoms with Crippen LogP contribution in [0.1, 0.15) is 31.4 Å². The smallest absolute Gasteiger partial charge is 0.332 e. The van der Waals surface area contributed by atoms with E-state index in [1.165, 1.54) is 21.9 Å². The summed E-state index contributed by atoms with van der Waals surface area (Å²) < 4.78 is 38.3. The van der Waals surface area contributed by atoms with Gasteiger partial charge >= 0.3 is 6.18 Å². The lowest BCUT2D eigenvalue weighted by Crippen LogP contribution is -2.58. The number of amides is 2. The zero-order valence-corrected chi connectivity index (χ0v) is 13.1.